The predicted molar refractivity (Wildman–Crippen MR) is 98.0 cm³/mol. The summed E-state index contributed by atoms with van der Waals surface area (Å²) >= 11 is 1.59. The quantitative estimate of drug-likeness (QED) is 0.709. The third-order valence-corrected chi connectivity index (χ3v) is 6.10. The highest BCUT2D eigenvalue weighted by molar-refractivity contribution is 7.14. The Morgan fingerprint density at radius 1 is 1.28 bits per heavy atom. The molecule has 0 radical (unpaired) electrons. The van der Waals surface area contributed by atoms with Crippen LogP contribution in [0.1, 0.15) is 44.6 Å². The van der Waals surface area contributed by atoms with Crippen molar-refractivity contribution in [3.63, 3.8) is 0 Å². The van der Waals surface area contributed by atoms with Gasteiger partial charge in [0.1, 0.15) is 5.52 Å². The average Bonchev–Trinajstić information content (AvgIpc) is 3.15. The molecule has 3 aromatic rings. The summed E-state index contributed by atoms with van der Waals surface area (Å²) < 4.78 is 1.78. The molecule has 1 amide bonds. The SMILES string of the molecule is Cc1cc(C(=O)N2CCC[C@H](c3nn(C)c4nccnc34)C2)sc1C. The highest BCUT2D eigenvalue weighted by Crippen LogP contribution is 2.31. The molecule has 1 aliphatic heterocycles. The van der Waals surface area contributed by atoms with Crippen molar-refractivity contribution in [1.29, 1.82) is 0 Å². The normalized spacial score (nSPS) is 18.0. The van der Waals surface area contributed by atoms with Crippen LogP contribution >= 0.6 is 11.3 Å². The van der Waals surface area contributed by atoms with E-state index in [1.807, 2.05) is 18.0 Å². The first-order chi connectivity index (χ1) is 12.0. The third-order valence-electron chi connectivity index (χ3n) is 4.96. The van der Waals surface area contributed by atoms with Gasteiger partial charge >= 0.3 is 0 Å². The number of nitrogens with zero attached hydrogens (tertiary/aromatic N) is 5. The van der Waals surface area contributed by atoms with Crippen molar-refractivity contribution in [2.75, 3.05) is 13.1 Å². The zero-order chi connectivity index (χ0) is 17.6. The molecule has 0 bridgehead atoms. The third kappa shape index (κ3) is 2.82. The monoisotopic (exact) mass is 355 g/mol. The Labute approximate surface area is 150 Å². The van der Waals surface area contributed by atoms with E-state index in [1.165, 1.54) is 10.4 Å². The van der Waals surface area contributed by atoms with Crippen LogP contribution in [0, 0.1) is 13.8 Å². The zero-order valence-electron chi connectivity index (χ0n) is 14.7. The van der Waals surface area contributed by atoms with Crippen LogP contribution < -0.4 is 0 Å². The topological polar surface area (TPSA) is 63.9 Å². The van der Waals surface area contributed by atoms with Gasteiger partial charge in [-0.15, -0.1) is 11.3 Å². The maximum Gasteiger partial charge on any atom is 0.263 e. The number of thiophene rings is 1. The molecular weight excluding hydrogens is 334 g/mol. The van der Waals surface area contributed by atoms with Gasteiger partial charge in [-0.25, -0.2) is 14.6 Å². The highest BCUT2D eigenvalue weighted by Gasteiger charge is 2.29. The molecule has 3 aromatic heterocycles. The molecular formula is C18H21N5OS. The van der Waals surface area contributed by atoms with Crippen LogP contribution in [-0.2, 0) is 7.05 Å². The van der Waals surface area contributed by atoms with Crippen LogP contribution in [0.5, 0.6) is 0 Å². The molecule has 0 saturated carbocycles. The molecule has 0 unspecified atom stereocenters. The molecule has 0 N–H and O–H groups in total. The Hall–Kier alpha value is -2.28. The standard InChI is InChI=1S/C18H21N5OS/c1-11-9-14(25-12(11)2)18(24)23-8-4-5-13(10-23)15-16-17(22(3)21-15)20-7-6-19-16/h6-7,9,13H,4-5,8,10H2,1-3H3/t13-/m0/s1. The van der Waals surface area contributed by atoms with Gasteiger partial charge in [-0.05, 0) is 38.3 Å². The van der Waals surface area contributed by atoms with Crippen molar-refractivity contribution in [3.8, 4) is 0 Å². The Balaban J connectivity index is 1.61. The Kier molecular flexibility index (Phi) is 4.03. The Morgan fingerprint density at radius 2 is 2.08 bits per heavy atom. The van der Waals surface area contributed by atoms with Crippen molar-refractivity contribution in [3.05, 3.63) is 39.5 Å². The summed E-state index contributed by atoms with van der Waals surface area (Å²) in [5.74, 6) is 0.345. The smallest absolute Gasteiger partial charge is 0.263 e. The first kappa shape index (κ1) is 16.2. The van der Waals surface area contributed by atoms with Crippen LogP contribution in [0.15, 0.2) is 18.5 Å². The average molecular weight is 355 g/mol. The van der Waals surface area contributed by atoms with E-state index >= 15 is 0 Å². The molecule has 6 nitrogen and oxygen atoms in total. The van der Waals surface area contributed by atoms with Gasteiger partial charge in [-0.2, -0.15) is 5.10 Å². The molecule has 4 heterocycles. The van der Waals surface area contributed by atoms with Crippen molar-refractivity contribution in [2.45, 2.75) is 32.6 Å². The molecule has 0 aliphatic carbocycles. The fraction of sp³-hybridized carbons (Fsp3) is 0.444. The van der Waals surface area contributed by atoms with Gasteiger partial charge in [0.15, 0.2) is 5.65 Å². The van der Waals surface area contributed by atoms with Crippen LogP contribution in [0.4, 0.5) is 0 Å². The van der Waals surface area contributed by atoms with E-state index in [-0.39, 0.29) is 11.8 Å². The molecule has 1 aliphatic rings. The van der Waals surface area contributed by atoms with Gasteiger partial charge in [0, 0.05) is 43.3 Å². The molecule has 4 rings (SSSR count). The number of rotatable bonds is 2. The van der Waals surface area contributed by atoms with Gasteiger partial charge in [0.05, 0.1) is 10.6 Å². The van der Waals surface area contributed by atoms with Gasteiger partial charge in [0.2, 0.25) is 0 Å². The largest absolute Gasteiger partial charge is 0.337 e. The number of piperidine rings is 1. The summed E-state index contributed by atoms with van der Waals surface area (Å²) in [5, 5.41) is 4.65. The van der Waals surface area contributed by atoms with Crippen LogP contribution in [0.3, 0.4) is 0 Å². The molecule has 1 saturated heterocycles. The number of likely N-dealkylation sites (tertiary alicyclic amines) is 1. The van der Waals surface area contributed by atoms with Gasteiger partial charge < -0.3 is 4.90 Å². The van der Waals surface area contributed by atoms with Crippen LogP contribution in [0.25, 0.3) is 11.2 Å². The second kappa shape index (κ2) is 6.22. The van der Waals surface area contributed by atoms with Crippen molar-refractivity contribution >= 4 is 28.4 Å². The minimum absolute atomic E-state index is 0.136. The molecule has 1 atom stereocenters. The van der Waals surface area contributed by atoms with Gasteiger partial charge in [-0.1, -0.05) is 0 Å². The van der Waals surface area contributed by atoms with Gasteiger partial charge in [0.25, 0.3) is 5.91 Å². The number of fused-ring (bicyclic) bond motifs is 1. The van der Waals surface area contributed by atoms with E-state index in [2.05, 4.69) is 28.9 Å². The summed E-state index contributed by atoms with van der Waals surface area (Å²) in [6.07, 6.45) is 5.40. The highest BCUT2D eigenvalue weighted by atomic mass is 32.1. The first-order valence-electron chi connectivity index (χ1n) is 8.54. The molecule has 0 spiro atoms. The number of aromatic nitrogens is 4. The molecule has 25 heavy (non-hydrogen) atoms. The fourth-order valence-corrected chi connectivity index (χ4v) is 4.50. The first-order valence-corrected chi connectivity index (χ1v) is 9.36. The van der Waals surface area contributed by atoms with E-state index in [9.17, 15) is 4.79 Å². The lowest BCUT2D eigenvalue weighted by atomic mass is 9.94. The molecule has 1 fully saturated rings. The Bertz CT molecular complexity index is 925. The van der Waals surface area contributed by atoms with E-state index in [0.717, 1.165) is 41.1 Å². The fourth-order valence-electron chi connectivity index (χ4n) is 3.50. The number of hydrogen-bond donors (Lipinski definition) is 0. The number of carbonyl (C=O) groups is 1. The maximum atomic E-state index is 12.9. The zero-order valence-corrected chi connectivity index (χ0v) is 15.5. The van der Waals surface area contributed by atoms with Crippen LogP contribution in [-0.4, -0.2) is 43.6 Å². The van der Waals surface area contributed by atoms with E-state index < -0.39 is 0 Å². The molecule has 7 heteroatoms. The number of hydrogen-bond acceptors (Lipinski definition) is 5. The summed E-state index contributed by atoms with van der Waals surface area (Å²) in [7, 11) is 1.89. The number of aryl methyl sites for hydroxylation is 3. The minimum Gasteiger partial charge on any atom is -0.337 e. The van der Waals surface area contributed by atoms with Gasteiger partial charge in [-0.3, -0.25) is 4.79 Å². The lowest BCUT2D eigenvalue weighted by Gasteiger charge is -2.31. The summed E-state index contributed by atoms with van der Waals surface area (Å²) in [6, 6.07) is 2.01. The number of amides is 1. The van der Waals surface area contributed by atoms with Crippen LogP contribution in [0.2, 0.25) is 0 Å². The van der Waals surface area contributed by atoms with E-state index in [4.69, 9.17) is 0 Å². The van der Waals surface area contributed by atoms with Crippen molar-refractivity contribution in [1.82, 2.24) is 24.6 Å². The number of carbonyl (C=O) groups excluding carboxylic acids is 1. The second-order valence-electron chi connectivity index (χ2n) is 6.68. The predicted octanol–water partition coefficient (Wildman–Crippen LogP) is 3.06. The maximum absolute atomic E-state index is 12.9. The second-order valence-corrected chi connectivity index (χ2v) is 7.93. The summed E-state index contributed by atoms with van der Waals surface area (Å²) in [5.41, 5.74) is 3.80. The molecule has 130 valence electrons. The Morgan fingerprint density at radius 3 is 2.84 bits per heavy atom. The summed E-state index contributed by atoms with van der Waals surface area (Å²) in [4.78, 5) is 25.7. The lowest BCUT2D eigenvalue weighted by molar-refractivity contribution is 0.0711. The minimum atomic E-state index is 0.136. The van der Waals surface area contributed by atoms with E-state index in [0.29, 0.717) is 6.54 Å². The van der Waals surface area contributed by atoms with Crippen molar-refractivity contribution < 1.29 is 4.79 Å². The van der Waals surface area contributed by atoms with Crippen molar-refractivity contribution in [2.24, 2.45) is 7.05 Å². The lowest BCUT2D eigenvalue weighted by Crippen LogP contribution is -2.39. The molecule has 0 aromatic carbocycles. The van der Waals surface area contributed by atoms with E-state index in [1.54, 1.807) is 28.4 Å². The summed E-state index contributed by atoms with van der Waals surface area (Å²) in [6.45, 7) is 5.62.